The number of nitrogens with zero attached hydrogens (tertiary/aromatic N) is 2. The number of rotatable bonds is 3. The second-order valence-corrected chi connectivity index (χ2v) is 11.8. The summed E-state index contributed by atoms with van der Waals surface area (Å²) >= 11 is 0. The fourth-order valence-corrected chi connectivity index (χ4v) is 10.9. The fraction of sp³-hybridized carbons (Fsp3) is 1.00. The van der Waals surface area contributed by atoms with E-state index in [9.17, 15) is 0 Å². The summed E-state index contributed by atoms with van der Waals surface area (Å²) in [4.78, 5) is 0. The van der Waals surface area contributed by atoms with Crippen molar-refractivity contribution in [3.8, 4) is 0 Å². The van der Waals surface area contributed by atoms with Crippen molar-refractivity contribution in [3.63, 3.8) is 0 Å². The van der Waals surface area contributed by atoms with Gasteiger partial charge in [0.05, 0.1) is 0 Å². The first-order valence-electron chi connectivity index (χ1n) is 5.43. The molecule has 0 aromatic rings. The molecule has 0 spiro atoms. The second kappa shape index (κ2) is 4.33. The summed E-state index contributed by atoms with van der Waals surface area (Å²) in [6.07, 6.45) is 0. The van der Waals surface area contributed by atoms with Crippen LogP contribution in [0, 0.1) is 0 Å². The van der Waals surface area contributed by atoms with Gasteiger partial charge in [-0.05, 0) is 38.8 Å². The van der Waals surface area contributed by atoms with Gasteiger partial charge in [0.15, 0.2) is 0 Å². The molecule has 0 aliphatic heterocycles. The van der Waals surface area contributed by atoms with Crippen molar-refractivity contribution in [2.75, 3.05) is 28.2 Å². The molecular formula is C11H28N2Si. The molecule has 0 heterocycles. The van der Waals surface area contributed by atoms with Crippen LogP contribution in [-0.4, -0.2) is 45.7 Å². The first kappa shape index (κ1) is 14.1. The number of hydrogen-bond acceptors (Lipinski definition) is 2. The van der Waals surface area contributed by atoms with E-state index >= 15 is 0 Å². The predicted octanol–water partition coefficient (Wildman–Crippen LogP) is 2.76. The zero-order valence-corrected chi connectivity index (χ0v) is 12.5. The van der Waals surface area contributed by atoms with Crippen molar-refractivity contribution in [3.05, 3.63) is 0 Å². The van der Waals surface area contributed by atoms with Gasteiger partial charge in [-0.15, -0.1) is 0 Å². The molecule has 0 fully saturated rings. The third kappa shape index (κ3) is 2.04. The van der Waals surface area contributed by atoms with Crippen molar-refractivity contribution in [1.82, 2.24) is 9.13 Å². The van der Waals surface area contributed by atoms with Crippen LogP contribution in [-0.2, 0) is 0 Å². The highest BCUT2D eigenvalue weighted by Crippen LogP contribution is 2.45. The van der Waals surface area contributed by atoms with Crippen LogP contribution in [0.4, 0.5) is 0 Å². The monoisotopic (exact) mass is 216 g/mol. The van der Waals surface area contributed by atoms with E-state index in [1.165, 1.54) is 0 Å². The molecule has 0 atom stereocenters. The zero-order valence-electron chi connectivity index (χ0n) is 11.5. The van der Waals surface area contributed by atoms with E-state index < -0.39 is 8.40 Å². The second-order valence-electron chi connectivity index (χ2n) is 5.92. The third-order valence-corrected chi connectivity index (χ3v) is 9.82. The fourth-order valence-electron chi connectivity index (χ4n) is 3.64. The van der Waals surface area contributed by atoms with Crippen molar-refractivity contribution in [2.45, 2.75) is 45.2 Å². The molecule has 0 saturated heterocycles. The lowest BCUT2D eigenvalue weighted by Crippen LogP contribution is -2.68. The summed E-state index contributed by atoms with van der Waals surface area (Å²) in [5, 5.41) is 0.369. The van der Waals surface area contributed by atoms with E-state index in [1.54, 1.807) is 0 Å². The smallest absolute Gasteiger partial charge is 0.214 e. The summed E-state index contributed by atoms with van der Waals surface area (Å²) in [6.45, 7) is 11.8. The maximum absolute atomic E-state index is 2.48. The van der Waals surface area contributed by atoms with E-state index in [-0.39, 0.29) is 0 Å². The zero-order chi connectivity index (χ0) is 11.7. The average Bonchev–Trinajstić information content (AvgIpc) is 1.79. The van der Waals surface area contributed by atoms with Gasteiger partial charge in [0.1, 0.15) is 0 Å². The van der Waals surface area contributed by atoms with E-state index in [4.69, 9.17) is 0 Å². The largest absolute Gasteiger partial charge is 0.317 e. The maximum atomic E-state index is 2.48. The first-order chi connectivity index (χ1) is 6.08. The van der Waals surface area contributed by atoms with Gasteiger partial charge in [-0.1, -0.05) is 34.6 Å². The molecule has 0 N–H and O–H groups in total. The highest BCUT2D eigenvalue weighted by atomic mass is 28.4. The molecule has 0 radical (unpaired) electrons. The summed E-state index contributed by atoms with van der Waals surface area (Å²) in [5.74, 6) is 0. The molecule has 0 amide bonds. The maximum Gasteiger partial charge on any atom is 0.214 e. The van der Waals surface area contributed by atoms with Gasteiger partial charge >= 0.3 is 0 Å². The molecule has 0 aliphatic carbocycles. The van der Waals surface area contributed by atoms with Crippen LogP contribution in [0.5, 0.6) is 0 Å². The van der Waals surface area contributed by atoms with E-state index in [0.717, 1.165) is 5.54 Å². The van der Waals surface area contributed by atoms with Gasteiger partial charge < -0.3 is 9.13 Å². The first-order valence-corrected chi connectivity index (χ1v) is 7.40. The van der Waals surface area contributed by atoms with Gasteiger partial charge in [-0.25, -0.2) is 0 Å². The van der Waals surface area contributed by atoms with Crippen molar-refractivity contribution in [2.24, 2.45) is 0 Å². The molecule has 0 aliphatic rings. The van der Waals surface area contributed by atoms with Crippen LogP contribution in [0.3, 0.4) is 0 Å². The van der Waals surface area contributed by atoms with E-state index in [1.807, 2.05) is 0 Å². The molecule has 14 heavy (non-hydrogen) atoms. The lowest BCUT2D eigenvalue weighted by Gasteiger charge is -2.54. The Morgan fingerprint density at radius 2 is 1.14 bits per heavy atom. The minimum absolute atomic E-state index is 0.369. The molecule has 0 aromatic carbocycles. The standard InChI is InChI=1S/C11H28N2Si/c1-10(2)14(12(6)7,13(8)9)11(3,4)5/h10H,1-9H3. The molecule has 0 saturated carbocycles. The van der Waals surface area contributed by atoms with Crippen LogP contribution < -0.4 is 0 Å². The molecule has 86 valence electrons. The van der Waals surface area contributed by atoms with Crippen LogP contribution in [0.25, 0.3) is 0 Å². The molecule has 0 aromatic heterocycles. The van der Waals surface area contributed by atoms with Crippen LogP contribution in [0.15, 0.2) is 0 Å². The summed E-state index contributed by atoms with van der Waals surface area (Å²) < 4.78 is 4.97. The predicted molar refractivity (Wildman–Crippen MR) is 67.9 cm³/mol. The van der Waals surface area contributed by atoms with Gasteiger partial charge in [-0.3, -0.25) is 0 Å². The Balaban J connectivity index is 5.40. The highest BCUT2D eigenvalue weighted by molar-refractivity contribution is 6.78. The Hall–Kier alpha value is 0.137. The normalized spacial score (nSPS) is 14.6. The van der Waals surface area contributed by atoms with Crippen molar-refractivity contribution >= 4 is 8.40 Å². The Morgan fingerprint density at radius 3 is 1.14 bits per heavy atom. The lowest BCUT2D eigenvalue weighted by atomic mass is 10.2. The van der Waals surface area contributed by atoms with Gasteiger partial charge in [-0.2, -0.15) is 0 Å². The topological polar surface area (TPSA) is 6.48 Å². The lowest BCUT2D eigenvalue weighted by molar-refractivity contribution is 0.406. The SMILES string of the molecule is CC(C)[Si](N(C)C)(N(C)C)C(C)(C)C. The van der Waals surface area contributed by atoms with Crippen LogP contribution >= 0.6 is 0 Å². The van der Waals surface area contributed by atoms with Crippen molar-refractivity contribution in [1.29, 1.82) is 0 Å². The van der Waals surface area contributed by atoms with Gasteiger partial charge in [0.25, 0.3) is 0 Å². The van der Waals surface area contributed by atoms with Gasteiger partial charge in [0.2, 0.25) is 8.40 Å². The summed E-state index contributed by atoms with van der Waals surface area (Å²) in [5.41, 5.74) is 0.729. The third-order valence-electron chi connectivity index (χ3n) is 3.27. The molecule has 0 unspecified atom stereocenters. The Morgan fingerprint density at radius 1 is 0.857 bits per heavy atom. The average molecular weight is 216 g/mol. The minimum Gasteiger partial charge on any atom is -0.317 e. The minimum atomic E-state index is -1.56. The van der Waals surface area contributed by atoms with E-state index in [0.29, 0.717) is 5.04 Å². The quantitative estimate of drug-likeness (QED) is 0.669. The Kier molecular flexibility index (Phi) is 4.37. The molecule has 2 nitrogen and oxygen atoms in total. The highest BCUT2D eigenvalue weighted by Gasteiger charge is 2.51. The Labute approximate surface area is 91.4 Å². The van der Waals surface area contributed by atoms with Crippen LogP contribution in [0.2, 0.25) is 10.6 Å². The molecule has 0 rings (SSSR count). The summed E-state index contributed by atoms with van der Waals surface area (Å²) in [6, 6.07) is 0. The van der Waals surface area contributed by atoms with Crippen LogP contribution in [0.1, 0.15) is 34.6 Å². The molecule has 3 heteroatoms. The van der Waals surface area contributed by atoms with Crippen molar-refractivity contribution < 1.29 is 0 Å². The number of hydrogen-bond donors (Lipinski definition) is 0. The summed E-state index contributed by atoms with van der Waals surface area (Å²) in [7, 11) is 7.37. The van der Waals surface area contributed by atoms with Gasteiger partial charge in [0, 0.05) is 0 Å². The van der Waals surface area contributed by atoms with E-state index in [2.05, 4.69) is 71.9 Å². The molecular weight excluding hydrogens is 188 g/mol. The Bertz CT molecular complexity index is 158. The molecule has 0 bridgehead atoms.